The van der Waals surface area contributed by atoms with Crippen LogP contribution >= 0.6 is 0 Å². The molecular weight excluding hydrogens is 613 g/mol. The predicted molar refractivity (Wildman–Crippen MR) is 214 cm³/mol. The van der Waals surface area contributed by atoms with Crippen LogP contribution in [0.4, 0.5) is 0 Å². The summed E-state index contributed by atoms with van der Waals surface area (Å²) in [4.78, 5) is 13.0. The molecule has 0 saturated carbocycles. The van der Waals surface area contributed by atoms with Crippen LogP contribution in [0.25, 0.3) is 11.1 Å². The van der Waals surface area contributed by atoms with Gasteiger partial charge in [0, 0.05) is 6.61 Å². The van der Waals surface area contributed by atoms with E-state index in [4.69, 9.17) is 9.47 Å². The van der Waals surface area contributed by atoms with Gasteiger partial charge in [-0.25, -0.2) is 4.79 Å². The lowest BCUT2D eigenvalue weighted by Gasteiger charge is -2.18. The van der Waals surface area contributed by atoms with Gasteiger partial charge in [-0.3, -0.25) is 0 Å². The van der Waals surface area contributed by atoms with Crippen molar-refractivity contribution in [2.75, 3.05) is 6.61 Å². The zero-order chi connectivity index (χ0) is 35.7. The van der Waals surface area contributed by atoms with E-state index in [2.05, 4.69) is 58.0 Å². The summed E-state index contributed by atoms with van der Waals surface area (Å²) < 4.78 is 12.1. The molecule has 0 bridgehead atoms. The quantitative estimate of drug-likeness (QED) is 0.0434. The van der Waals surface area contributed by atoms with Crippen molar-refractivity contribution in [1.29, 1.82) is 0 Å². The highest BCUT2D eigenvalue weighted by molar-refractivity contribution is 5.91. The predicted octanol–water partition coefficient (Wildman–Crippen LogP) is 15.0. The minimum Gasteiger partial charge on any atom is -0.423 e. The lowest BCUT2D eigenvalue weighted by Crippen LogP contribution is -2.11. The standard InChI is InChI=1S/C47H70O3/c1-5-8-9-10-11-12-13-14-15-16-17-18-19-20-21-22-23-26-38-49-39(4)41-30-32-42(33-31-41)43-34-36-44(37-35-43)47(48)50-46-29-25-24-28-45(46)40(7-3)27-6-2/h24-25,28-37,39-40H,5-23,26-27,38H2,1-4H3. The summed E-state index contributed by atoms with van der Waals surface area (Å²) in [5.41, 5.74) is 5.08. The fourth-order valence-electron chi connectivity index (χ4n) is 7.10. The molecule has 3 rings (SSSR count). The summed E-state index contributed by atoms with van der Waals surface area (Å²) in [7, 11) is 0. The minimum atomic E-state index is -0.313. The highest BCUT2D eigenvalue weighted by Crippen LogP contribution is 2.33. The van der Waals surface area contributed by atoms with E-state index in [9.17, 15) is 4.79 Å². The molecule has 0 radical (unpaired) electrons. The molecule has 0 amide bonds. The molecular formula is C47H70O3. The van der Waals surface area contributed by atoms with Crippen LogP contribution in [0.2, 0.25) is 0 Å². The third-order valence-electron chi connectivity index (χ3n) is 10.4. The van der Waals surface area contributed by atoms with Gasteiger partial charge in [0.25, 0.3) is 0 Å². The molecule has 276 valence electrons. The van der Waals surface area contributed by atoms with Crippen LogP contribution in [0.1, 0.15) is 196 Å². The van der Waals surface area contributed by atoms with E-state index < -0.39 is 0 Å². The van der Waals surface area contributed by atoms with Gasteiger partial charge in [0.15, 0.2) is 0 Å². The normalized spacial score (nSPS) is 12.6. The molecule has 0 heterocycles. The second kappa shape index (κ2) is 26.0. The van der Waals surface area contributed by atoms with Crippen molar-refractivity contribution in [2.24, 2.45) is 0 Å². The zero-order valence-electron chi connectivity index (χ0n) is 32.4. The number of esters is 1. The van der Waals surface area contributed by atoms with Gasteiger partial charge in [-0.2, -0.15) is 0 Å². The molecule has 50 heavy (non-hydrogen) atoms. The largest absolute Gasteiger partial charge is 0.423 e. The zero-order valence-corrected chi connectivity index (χ0v) is 32.4. The highest BCUT2D eigenvalue weighted by atomic mass is 16.5. The van der Waals surface area contributed by atoms with E-state index in [1.54, 1.807) is 0 Å². The minimum absolute atomic E-state index is 0.0829. The number of hydrogen-bond acceptors (Lipinski definition) is 3. The van der Waals surface area contributed by atoms with Crippen LogP contribution in [-0.2, 0) is 4.74 Å². The lowest BCUT2D eigenvalue weighted by molar-refractivity contribution is 0.0627. The first kappa shape index (κ1) is 41.5. The van der Waals surface area contributed by atoms with E-state index in [0.29, 0.717) is 17.2 Å². The van der Waals surface area contributed by atoms with E-state index >= 15 is 0 Å². The molecule has 0 saturated heterocycles. The van der Waals surface area contributed by atoms with Crippen molar-refractivity contribution >= 4 is 5.97 Å². The first-order valence-electron chi connectivity index (χ1n) is 20.7. The van der Waals surface area contributed by atoms with Crippen molar-refractivity contribution in [3.63, 3.8) is 0 Å². The van der Waals surface area contributed by atoms with Gasteiger partial charge in [0.2, 0.25) is 0 Å². The molecule has 0 aromatic heterocycles. The molecule has 0 spiro atoms. The summed E-state index contributed by atoms with van der Waals surface area (Å²) in [6.07, 6.45) is 28.4. The van der Waals surface area contributed by atoms with Gasteiger partial charge in [-0.1, -0.05) is 191 Å². The maximum Gasteiger partial charge on any atom is 0.343 e. The SMILES string of the molecule is CCCCCCCCCCCCCCCCCCCCOC(C)c1ccc(-c2ccc(C(=O)Oc3ccccc3C(CC)CCC)cc2)cc1. The van der Waals surface area contributed by atoms with Crippen molar-refractivity contribution in [1.82, 2.24) is 0 Å². The Kier molecular flexibility index (Phi) is 21.5. The fraction of sp³-hybridized carbons (Fsp3) is 0.596. The highest BCUT2D eigenvalue weighted by Gasteiger charge is 2.17. The molecule has 2 unspecified atom stereocenters. The number of unbranched alkanes of at least 4 members (excludes halogenated alkanes) is 17. The molecule has 3 aromatic carbocycles. The Labute approximate surface area is 307 Å². The molecule has 2 atom stereocenters. The third kappa shape index (κ3) is 16.0. The van der Waals surface area contributed by atoms with Crippen LogP contribution in [0.15, 0.2) is 72.8 Å². The average Bonchev–Trinajstić information content (AvgIpc) is 3.15. The van der Waals surface area contributed by atoms with Gasteiger partial charge < -0.3 is 9.47 Å². The molecule has 3 aromatic rings. The van der Waals surface area contributed by atoms with Crippen molar-refractivity contribution in [2.45, 2.75) is 175 Å². The maximum absolute atomic E-state index is 13.0. The molecule has 0 fully saturated rings. The van der Waals surface area contributed by atoms with Crippen LogP contribution in [0.3, 0.4) is 0 Å². The summed E-state index contributed by atoms with van der Waals surface area (Å²) in [5.74, 6) is 0.761. The number of carbonyl (C=O) groups excluding carboxylic acids is 1. The Hall–Kier alpha value is -2.91. The second-order valence-corrected chi connectivity index (χ2v) is 14.5. The van der Waals surface area contributed by atoms with Crippen molar-refractivity contribution in [3.05, 3.63) is 89.5 Å². The first-order chi connectivity index (χ1) is 24.6. The Morgan fingerprint density at radius 2 is 1.04 bits per heavy atom. The van der Waals surface area contributed by atoms with Crippen molar-refractivity contribution in [3.8, 4) is 16.9 Å². The number of hydrogen-bond donors (Lipinski definition) is 0. The van der Waals surface area contributed by atoms with Gasteiger partial charge in [-0.15, -0.1) is 0 Å². The maximum atomic E-state index is 13.0. The Bertz CT molecular complexity index is 1280. The molecule has 0 N–H and O–H groups in total. The number of carbonyl (C=O) groups is 1. The van der Waals surface area contributed by atoms with E-state index in [-0.39, 0.29) is 12.1 Å². The van der Waals surface area contributed by atoms with Crippen LogP contribution in [0, 0.1) is 0 Å². The lowest BCUT2D eigenvalue weighted by atomic mass is 9.91. The van der Waals surface area contributed by atoms with E-state index in [0.717, 1.165) is 49.0 Å². The smallest absolute Gasteiger partial charge is 0.343 e. The van der Waals surface area contributed by atoms with Crippen LogP contribution < -0.4 is 4.74 Å². The number of rotatable bonds is 28. The summed E-state index contributed by atoms with van der Waals surface area (Å²) in [5, 5.41) is 0. The first-order valence-corrected chi connectivity index (χ1v) is 20.7. The van der Waals surface area contributed by atoms with Gasteiger partial charge in [-0.05, 0) is 72.6 Å². The number of benzene rings is 3. The van der Waals surface area contributed by atoms with Crippen molar-refractivity contribution < 1.29 is 14.3 Å². The second-order valence-electron chi connectivity index (χ2n) is 14.5. The molecule has 0 aliphatic rings. The summed E-state index contributed by atoms with van der Waals surface area (Å²) in [6.45, 7) is 9.66. The van der Waals surface area contributed by atoms with E-state index in [1.165, 1.54) is 115 Å². The summed E-state index contributed by atoms with van der Waals surface area (Å²) >= 11 is 0. The molecule has 0 aliphatic carbocycles. The average molecular weight is 683 g/mol. The molecule has 0 aliphatic heterocycles. The third-order valence-corrected chi connectivity index (χ3v) is 10.4. The molecule has 3 nitrogen and oxygen atoms in total. The topological polar surface area (TPSA) is 35.5 Å². The Morgan fingerprint density at radius 1 is 0.560 bits per heavy atom. The van der Waals surface area contributed by atoms with Gasteiger partial charge in [0.1, 0.15) is 5.75 Å². The van der Waals surface area contributed by atoms with Gasteiger partial charge in [0.05, 0.1) is 11.7 Å². The van der Waals surface area contributed by atoms with E-state index in [1.807, 2.05) is 42.5 Å². The Morgan fingerprint density at radius 3 is 1.54 bits per heavy atom. The monoisotopic (exact) mass is 683 g/mol. The van der Waals surface area contributed by atoms with Crippen LogP contribution in [-0.4, -0.2) is 12.6 Å². The molecule has 3 heteroatoms. The Balaban J connectivity index is 1.26. The number of ether oxygens (including phenoxy) is 2. The van der Waals surface area contributed by atoms with Crippen LogP contribution in [0.5, 0.6) is 5.75 Å². The summed E-state index contributed by atoms with van der Waals surface area (Å²) in [6, 6.07) is 24.3. The van der Waals surface area contributed by atoms with Gasteiger partial charge >= 0.3 is 5.97 Å². The fourth-order valence-corrected chi connectivity index (χ4v) is 7.10. The number of para-hydroxylation sites is 1.